The average Bonchev–Trinajstić information content (AvgIpc) is 2.34. The summed E-state index contributed by atoms with van der Waals surface area (Å²) >= 11 is 2.24. The van der Waals surface area contributed by atoms with Gasteiger partial charge in [0.25, 0.3) is 0 Å². The van der Waals surface area contributed by atoms with Gasteiger partial charge in [-0.15, -0.1) is 0 Å². The van der Waals surface area contributed by atoms with Crippen molar-refractivity contribution in [1.82, 2.24) is 0 Å². The first-order valence-corrected chi connectivity index (χ1v) is 4.12. The first kappa shape index (κ1) is 8.18. The van der Waals surface area contributed by atoms with E-state index in [-0.39, 0.29) is 0 Å². The molecule has 1 atom stereocenters. The zero-order valence-electron chi connectivity index (χ0n) is 7.15. The Morgan fingerprint density at radius 2 is 2.40 bits per heavy atom. The summed E-state index contributed by atoms with van der Waals surface area (Å²) in [5.74, 6) is 0.763. The molecule has 1 aliphatic carbocycles. The molecule has 0 fully saturated rings. The number of rotatable bonds is 2. The van der Waals surface area contributed by atoms with Crippen LogP contribution in [0.2, 0.25) is 0 Å². The molecule has 0 radical (unpaired) electrons. The molecule has 0 aromatic carbocycles. The van der Waals surface area contributed by atoms with Crippen LogP contribution in [0.4, 0.5) is 0 Å². The Balaban J connectivity index is 2.70. The van der Waals surface area contributed by atoms with Gasteiger partial charge in [-0.3, -0.25) is 0 Å². The van der Waals surface area contributed by atoms with Crippen molar-refractivity contribution < 1.29 is 0 Å². The Morgan fingerprint density at radius 3 is 2.80 bits per heavy atom. The standard InChI is InChI=1S/C9H13.Li/c1-3-8(2)9-6-4-5-7-9;/h4,6,8H,3,5H2,1-2H3;. The molecule has 10 heavy (non-hydrogen) atoms. The molecule has 1 rings (SSSR count). The third-order valence-electron chi connectivity index (χ3n) is 2.36. The van der Waals surface area contributed by atoms with Crippen molar-refractivity contribution in [2.24, 2.45) is 5.92 Å². The van der Waals surface area contributed by atoms with Gasteiger partial charge >= 0.3 is 72.3 Å². The molecule has 1 heteroatoms. The van der Waals surface area contributed by atoms with Crippen LogP contribution in [0.3, 0.4) is 0 Å². The van der Waals surface area contributed by atoms with E-state index in [1.165, 1.54) is 12.8 Å². The fourth-order valence-electron chi connectivity index (χ4n) is 1.43. The van der Waals surface area contributed by atoms with Crippen LogP contribution in [0.1, 0.15) is 26.7 Å². The molecule has 0 aromatic heterocycles. The summed E-state index contributed by atoms with van der Waals surface area (Å²) in [6.07, 6.45) is 6.98. The number of hydrogen-bond acceptors (Lipinski definition) is 0. The van der Waals surface area contributed by atoms with E-state index in [9.17, 15) is 0 Å². The van der Waals surface area contributed by atoms with E-state index in [0.29, 0.717) is 0 Å². The molecule has 50 valence electrons. The molecule has 0 spiro atoms. The fourth-order valence-corrected chi connectivity index (χ4v) is 1.43. The first-order valence-electron chi connectivity index (χ1n) is 4.12. The Hall–Kier alpha value is 0.0774. The molecule has 0 bridgehead atoms. The molecule has 0 saturated heterocycles. The molecule has 0 heterocycles. The third kappa shape index (κ3) is 1.57. The first-order chi connectivity index (χ1) is 4.75. The van der Waals surface area contributed by atoms with Crippen molar-refractivity contribution in [3.8, 4) is 0 Å². The normalized spacial score (nSPS) is 20.4. The molecule has 0 saturated carbocycles. The van der Waals surface area contributed by atoms with Gasteiger partial charge in [0.05, 0.1) is 0 Å². The van der Waals surface area contributed by atoms with Crippen LogP contribution < -0.4 is 0 Å². The maximum absolute atomic E-state index is 2.30. The van der Waals surface area contributed by atoms with E-state index in [1.54, 1.807) is 9.82 Å². The SMILES string of the molecule is [Li][C]1=C(C(C)CC)C=CC1. The van der Waals surface area contributed by atoms with Crippen LogP contribution in [-0.4, -0.2) is 17.7 Å². The van der Waals surface area contributed by atoms with Crippen molar-refractivity contribution in [2.45, 2.75) is 26.7 Å². The Kier molecular flexibility index (Phi) is 2.83. The quantitative estimate of drug-likeness (QED) is 0.501. The Labute approximate surface area is 72.6 Å². The molecular weight excluding hydrogens is 115 g/mol. The van der Waals surface area contributed by atoms with Gasteiger partial charge in [0.2, 0.25) is 0 Å². The van der Waals surface area contributed by atoms with E-state index in [2.05, 4.69) is 43.7 Å². The van der Waals surface area contributed by atoms with Gasteiger partial charge in [-0.05, 0) is 0 Å². The molecule has 0 nitrogen and oxygen atoms in total. The van der Waals surface area contributed by atoms with Gasteiger partial charge in [0, 0.05) is 0 Å². The van der Waals surface area contributed by atoms with Crippen LogP contribution in [0.15, 0.2) is 22.0 Å². The van der Waals surface area contributed by atoms with Crippen LogP contribution in [0.5, 0.6) is 0 Å². The predicted octanol–water partition coefficient (Wildman–Crippen LogP) is 2.42. The van der Waals surface area contributed by atoms with Gasteiger partial charge < -0.3 is 0 Å². The molecule has 1 aliphatic rings. The van der Waals surface area contributed by atoms with Gasteiger partial charge in [-0.2, -0.15) is 0 Å². The number of hydrogen-bond donors (Lipinski definition) is 0. The van der Waals surface area contributed by atoms with Crippen LogP contribution in [0.25, 0.3) is 0 Å². The molecule has 1 unspecified atom stereocenters. The van der Waals surface area contributed by atoms with Crippen LogP contribution >= 0.6 is 0 Å². The summed E-state index contributed by atoms with van der Waals surface area (Å²) in [7, 11) is 0. The predicted molar refractivity (Wildman–Crippen MR) is 46.0 cm³/mol. The summed E-state index contributed by atoms with van der Waals surface area (Å²) in [4.78, 5) is 0. The van der Waals surface area contributed by atoms with Gasteiger partial charge in [0.15, 0.2) is 0 Å². The van der Waals surface area contributed by atoms with E-state index >= 15 is 0 Å². The van der Waals surface area contributed by atoms with Crippen molar-refractivity contribution in [3.05, 3.63) is 22.0 Å². The summed E-state index contributed by atoms with van der Waals surface area (Å²) in [6.45, 7) is 4.55. The number of allylic oxidation sites excluding steroid dienone is 4. The minimum atomic E-state index is 0.763. The maximum atomic E-state index is 2.30. The van der Waals surface area contributed by atoms with Crippen LogP contribution in [0, 0.1) is 5.92 Å². The zero-order valence-corrected chi connectivity index (χ0v) is 7.15. The fraction of sp³-hybridized carbons (Fsp3) is 0.556. The third-order valence-corrected chi connectivity index (χ3v) is 2.36. The second kappa shape index (κ2) is 3.46. The van der Waals surface area contributed by atoms with E-state index < -0.39 is 0 Å². The molecular formula is C9H13Li. The molecule has 0 amide bonds. The van der Waals surface area contributed by atoms with Crippen molar-refractivity contribution in [3.63, 3.8) is 0 Å². The van der Waals surface area contributed by atoms with Gasteiger partial charge in [-0.1, -0.05) is 0 Å². The van der Waals surface area contributed by atoms with Crippen molar-refractivity contribution in [1.29, 1.82) is 0 Å². The molecule has 0 aromatic rings. The van der Waals surface area contributed by atoms with Gasteiger partial charge in [0.1, 0.15) is 0 Å². The molecule has 0 aliphatic heterocycles. The Morgan fingerprint density at radius 1 is 1.70 bits per heavy atom. The zero-order chi connectivity index (χ0) is 7.56. The Bertz CT molecular complexity index is 177. The summed E-state index contributed by atoms with van der Waals surface area (Å²) in [5.41, 5.74) is 1.57. The minimum absolute atomic E-state index is 0.763. The van der Waals surface area contributed by atoms with Crippen LogP contribution in [-0.2, 0) is 0 Å². The monoisotopic (exact) mass is 128 g/mol. The van der Waals surface area contributed by atoms with E-state index in [1.807, 2.05) is 0 Å². The average molecular weight is 128 g/mol. The summed E-state index contributed by atoms with van der Waals surface area (Å²) < 4.78 is 1.56. The van der Waals surface area contributed by atoms with E-state index in [0.717, 1.165) is 5.92 Å². The van der Waals surface area contributed by atoms with Crippen molar-refractivity contribution >= 4 is 17.7 Å². The molecule has 0 N–H and O–H groups in total. The summed E-state index contributed by atoms with van der Waals surface area (Å²) in [6, 6.07) is 0. The summed E-state index contributed by atoms with van der Waals surface area (Å²) in [5, 5.41) is 0. The second-order valence-corrected chi connectivity index (χ2v) is 3.15. The van der Waals surface area contributed by atoms with E-state index in [4.69, 9.17) is 0 Å². The van der Waals surface area contributed by atoms with Gasteiger partial charge in [-0.25, -0.2) is 0 Å². The topological polar surface area (TPSA) is 0 Å². The second-order valence-electron chi connectivity index (χ2n) is 3.15. The van der Waals surface area contributed by atoms with Crippen molar-refractivity contribution in [2.75, 3.05) is 0 Å².